The van der Waals surface area contributed by atoms with Gasteiger partial charge in [0.25, 0.3) is 5.91 Å². The van der Waals surface area contributed by atoms with E-state index in [1.807, 2.05) is 18.2 Å². The van der Waals surface area contributed by atoms with E-state index >= 15 is 0 Å². The molecule has 1 fully saturated rings. The molecule has 1 aliphatic rings. The zero-order valence-corrected chi connectivity index (χ0v) is 13.9. The molecule has 0 saturated carbocycles. The molecule has 0 bridgehead atoms. The average Bonchev–Trinajstić information content (AvgIpc) is 2.61. The Kier molecular flexibility index (Phi) is 5.27. The molecule has 1 aliphatic heterocycles. The second-order valence-corrected chi connectivity index (χ2v) is 6.17. The molecule has 1 amide bonds. The van der Waals surface area contributed by atoms with Gasteiger partial charge in [-0.05, 0) is 37.0 Å². The number of primary amides is 1. The van der Waals surface area contributed by atoms with E-state index in [-0.39, 0.29) is 5.69 Å². The third-order valence-corrected chi connectivity index (χ3v) is 4.35. The van der Waals surface area contributed by atoms with Crippen LogP contribution in [0.4, 0.5) is 5.82 Å². The summed E-state index contributed by atoms with van der Waals surface area (Å²) in [5.74, 6) is 0.768. The van der Waals surface area contributed by atoms with E-state index < -0.39 is 5.91 Å². The van der Waals surface area contributed by atoms with Crippen molar-refractivity contribution < 1.29 is 9.53 Å². The maximum atomic E-state index is 11.3. The molecular formula is C17H19ClN4O2. The van der Waals surface area contributed by atoms with Crippen LogP contribution in [0.3, 0.4) is 0 Å². The number of carbonyl (C=O) groups excluding carboxylic acids is 1. The van der Waals surface area contributed by atoms with Gasteiger partial charge in [-0.1, -0.05) is 17.7 Å². The SMILES string of the molecule is NC(=O)c1cc(-c2cccc(NCC3CCOCC3)n2)c(Cl)cn1. The number of halogens is 1. The predicted molar refractivity (Wildman–Crippen MR) is 93.0 cm³/mol. The number of hydrogen-bond acceptors (Lipinski definition) is 5. The molecule has 0 aliphatic carbocycles. The number of carbonyl (C=O) groups is 1. The first kappa shape index (κ1) is 16.7. The largest absolute Gasteiger partial charge is 0.381 e. The summed E-state index contributed by atoms with van der Waals surface area (Å²) in [5.41, 5.74) is 6.75. The lowest BCUT2D eigenvalue weighted by molar-refractivity contribution is 0.0699. The Balaban J connectivity index is 1.77. The van der Waals surface area contributed by atoms with Crippen molar-refractivity contribution in [1.29, 1.82) is 0 Å². The minimum Gasteiger partial charge on any atom is -0.381 e. The van der Waals surface area contributed by atoms with E-state index in [1.165, 1.54) is 6.20 Å². The molecule has 0 unspecified atom stereocenters. The highest BCUT2D eigenvalue weighted by atomic mass is 35.5. The van der Waals surface area contributed by atoms with Gasteiger partial charge < -0.3 is 15.8 Å². The first-order valence-electron chi connectivity index (χ1n) is 7.88. The zero-order chi connectivity index (χ0) is 16.9. The number of aromatic nitrogens is 2. The maximum absolute atomic E-state index is 11.3. The minimum atomic E-state index is -0.596. The highest BCUT2D eigenvalue weighted by Crippen LogP contribution is 2.27. The first-order chi connectivity index (χ1) is 11.6. The molecule has 0 aromatic carbocycles. The quantitative estimate of drug-likeness (QED) is 0.868. The molecule has 1 saturated heterocycles. The van der Waals surface area contributed by atoms with Crippen LogP contribution in [0.1, 0.15) is 23.3 Å². The van der Waals surface area contributed by atoms with Crippen molar-refractivity contribution in [2.75, 3.05) is 25.1 Å². The molecule has 7 heteroatoms. The fraction of sp³-hybridized carbons (Fsp3) is 0.353. The zero-order valence-electron chi connectivity index (χ0n) is 13.2. The van der Waals surface area contributed by atoms with Crippen molar-refractivity contribution in [1.82, 2.24) is 9.97 Å². The Bertz CT molecular complexity index is 732. The van der Waals surface area contributed by atoms with Crippen molar-refractivity contribution in [3.63, 3.8) is 0 Å². The van der Waals surface area contributed by atoms with Crippen LogP contribution in [0.25, 0.3) is 11.3 Å². The maximum Gasteiger partial charge on any atom is 0.267 e. The fourth-order valence-electron chi connectivity index (χ4n) is 2.65. The number of nitrogens with one attached hydrogen (secondary N) is 1. The van der Waals surface area contributed by atoms with Gasteiger partial charge in [0, 0.05) is 31.5 Å². The molecular weight excluding hydrogens is 328 g/mol. The number of amides is 1. The van der Waals surface area contributed by atoms with Gasteiger partial charge in [-0.25, -0.2) is 9.97 Å². The molecule has 0 radical (unpaired) electrons. The molecule has 126 valence electrons. The van der Waals surface area contributed by atoms with E-state index in [0.717, 1.165) is 38.4 Å². The number of anilines is 1. The van der Waals surface area contributed by atoms with E-state index in [4.69, 9.17) is 22.1 Å². The minimum absolute atomic E-state index is 0.164. The van der Waals surface area contributed by atoms with Crippen LogP contribution in [0.15, 0.2) is 30.5 Å². The second kappa shape index (κ2) is 7.59. The second-order valence-electron chi connectivity index (χ2n) is 5.76. The molecule has 3 heterocycles. The Morgan fingerprint density at radius 2 is 2.17 bits per heavy atom. The van der Waals surface area contributed by atoms with Crippen LogP contribution in [0.2, 0.25) is 5.02 Å². The van der Waals surface area contributed by atoms with E-state index in [1.54, 1.807) is 6.07 Å². The van der Waals surface area contributed by atoms with Gasteiger partial charge in [-0.3, -0.25) is 4.79 Å². The summed E-state index contributed by atoms with van der Waals surface area (Å²) in [4.78, 5) is 19.8. The highest BCUT2D eigenvalue weighted by Gasteiger charge is 2.14. The Morgan fingerprint density at radius 3 is 2.92 bits per heavy atom. The molecule has 24 heavy (non-hydrogen) atoms. The van der Waals surface area contributed by atoms with Crippen LogP contribution >= 0.6 is 11.6 Å². The Morgan fingerprint density at radius 1 is 1.38 bits per heavy atom. The van der Waals surface area contributed by atoms with Gasteiger partial charge in [0.1, 0.15) is 11.5 Å². The number of ether oxygens (including phenoxy) is 1. The van der Waals surface area contributed by atoms with Crippen molar-refractivity contribution in [3.8, 4) is 11.3 Å². The Hall–Kier alpha value is -2.18. The van der Waals surface area contributed by atoms with Gasteiger partial charge in [0.05, 0.1) is 10.7 Å². The molecule has 0 spiro atoms. The standard InChI is InChI=1S/C17H19ClN4O2/c18-13-10-20-15(17(19)23)8-12(13)14-2-1-3-16(22-14)21-9-11-4-6-24-7-5-11/h1-3,8,10-11H,4-7,9H2,(H2,19,23)(H,21,22). The van der Waals surface area contributed by atoms with Crippen LogP contribution in [-0.2, 0) is 4.74 Å². The summed E-state index contributed by atoms with van der Waals surface area (Å²) in [5, 5.41) is 3.79. The van der Waals surface area contributed by atoms with Crippen LogP contribution in [-0.4, -0.2) is 35.6 Å². The van der Waals surface area contributed by atoms with Gasteiger partial charge in [0.15, 0.2) is 0 Å². The lowest BCUT2D eigenvalue weighted by Crippen LogP contribution is -2.22. The van der Waals surface area contributed by atoms with Crippen molar-refractivity contribution in [2.24, 2.45) is 11.7 Å². The lowest BCUT2D eigenvalue weighted by atomic mass is 10.0. The normalized spacial score (nSPS) is 15.2. The number of pyridine rings is 2. The molecule has 6 nitrogen and oxygen atoms in total. The van der Waals surface area contributed by atoms with E-state index in [9.17, 15) is 4.79 Å². The monoisotopic (exact) mass is 346 g/mol. The third-order valence-electron chi connectivity index (χ3n) is 4.05. The summed E-state index contributed by atoms with van der Waals surface area (Å²) in [6, 6.07) is 7.21. The van der Waals surface area contributed by atoms with Crippen molar-refractivity contribution in [2.45, 2.75) is 12.8 Å². The summed E-state index contributed by atoms with van der Waals surface area (Å²) >= 11 is 6.20. The van der Waals surface area contributed by atoms with Gasteiger partial charge >= 0.3 is 0 Å². The average molecular weight is 347 g/mol. The topological polar surface area (TPSA) is 90.1 Å². The summed E-state index contributed by atoms with van der Waals surface area (Å²) in [6.07, 6.45) is 3.54. The molecule has 3 N–H and O–H groups in total. The van der Waals surface area contributed by atoms with Crippen molar-refractivity contribution in [3.05, 3.63) is 41.2 Å². The fourth-order valence-corrected chi connectivity index (χ4v) is 2.85. The highest BCUT2D eigenvalue weighted by molar-refractivity contribution is 6.33. The number of nitrogens with two attached hydrogens (primary N) is 1. The Labute approximate surface area is 145 Å². The van der Waals surface area contributed by atoms with E-state index in [0.29, 0.717) is 22.2 Å². The number of rotatable bonds is 5. The summed E-state index contributed by atoms with van der Waals surface area (Å²) < 4.78 is 5.37. The molecule has 0 atom stereocenters. The van der Waals surface area contributed by atoms with Crippen LogP contribution in [0.5, 0.6) is 0 Å². The first-order valence-corrected chi connectivity index (χ1v) is 8.25. The van der Waals surface area contributed by atoms with Gasteiger partial charge in [-0.2, -0.15) is 0 Å². The van der Waals surface area contributed by atoms with Crippen LogP contribution < -0.4 is 11.1 Å². The molecule has 2 aromatic rings. The van der Waals surface area contributed by atoms with Gasteiger partial charge in [0.2, 0.25) is 0 Å². The van der Waals surface area contributed by atoms with E-state index in [2.05, 4.69) is 15.3 Å². The summed E-state index contributed by atoms with van der Waals surface area (Å²) in [6.45, 7) is 2.50. The molecule has 3 rings (SSSR count). The predicted octanol–water partition coefficient (Wildman–Crippen LogP) is 2.73. The molecule has 2 aromatic heterocycles. The lowest BCUT2D eigenvalue weighted by Gasteiger charge is -2.22. The van der Waals surface area contributed by atoms with Crippen LogP contribution in [0, 0.1) is 5.92 Å². The third kappa shape index (κ3) is 4.01. The van der Waals surface area contributed by atoms with Gasteiger partial charge in [-0.15, -0.1) is 0 Å². The number of nitrogens with zero attached hydrogens (tertiary/aromatic N) is 2. The number of hydrogen-bond donors (Lipinski definition) is 2. The summed E-state index contributed by atoms with van der Waals surface area (Å²) in [7, 11) is 0. The smallest absolute Gasteiger partial charge is 0.267 e. The van der Waals surface area contributed by atoms with Crippen molar-refractivity contribution >= 4 is 23.3 Å².